The van der Waals surface area contributed by atoms with Gasteiger partial charge in [-0.25, -0.2) is 4.79 Å². The van der Waals surface area contributed by atoms with Crippen LogP contribution in [0.25, 0.3) is 0 Å². The van der Waals surface area contributed by atoms with Crippen LogP contribution >= 0.6 is 11.3 Å². The summed E-state index contributed by atoms with van der Waals surface area (Å²) in [6.45, 7) is 7.11. The fourth-order valence-corrected chi connectivity index (χ4v) is 3.33. The van der Waals surface area contributed by atoms with E-state index in [1.54, 1.807) is 6.92 Å². The molecule has 1 fully saturated rings. The molecule has 0 aliphatic carbocycles. The van der Waals surface area contributed by atoms with Gasteiger partial charge in [0.25, 0.3) is 0 Å². The maximum atomic E-state index is 12.0. The average Bonchev–Trinajstić information content (AvgIpc) is 2.95. The molecule has 1 aromatic heterocycles. The number of β-amino-alcohol motifs (C(OH)–C–C–N with tert-alkyl or cyclic N) is 1. The van der Waals surface area contributed by atoms with E-state index in [0.29, 0.717) is 35.9 Å². The van der Waals surface area contributed by atoms with Gasteiger partial charge in [0, 0.05) is 13.1 Å². The minimum absolute atomic E-state index is 0.0526. The van der Waals surface area contributed by atoms with Crippen LogP contribution in [0.4, 0.5) is 10.7 Å². The number of carbonyl (C=O) groups excluding carboxylic acids is 1. The number of carbonyl (C=O) groups is 1. The van der Waals surface area contributed by atoms with Crippen molar-refractivity contribution in [1.29, 1.82) is 0 Å². The Kier molecular flexibility index (Phi) is 4.95. The molecule has 1 aromatic rings. The molecule has 0 bridgehead atoms. The largest absolute Gasteiger partial charge is 0.486 e. The summed E-state index contributed by atoms with van der Waals surface area (Å²) < 4.78 is 10.8. The highest BCUT2D eigenvalue weighted by Gasteiger charge is 2.30. The van der Waals surface area contributed by atoms with Gasteiger partial charge in [-0.1, -0.05) is 0 Å². The normalized spacial score (nSPS) is 18.3. The third-order valence-electron chi connectivity index (χ3n) is 3.15. The molecule has 1 unspecified atom stereocenters. The van der Waals surface area contributed by atoms with Crippen molar-refractivity contribution in [2.75, 3.05) is 30.3 Å². The second-order valence-electron chi connectivity index (χ2n) is 5.25. The highest BCUT2D eigenvalue weighted by molar-refractivity contribution is 7.19. The van der Waals surface area contributed by atoms with Crippen LogP contribution in [0, 0.1) is 0 Å². The molecule has 1 aliphatic rings. The van der Waals surface area contributed by atoms with Gasteiger partial charge in [-0.05, 0) is 27.2 Å². The first-order valence-corrected chi connectivity index (χ1v) is 7.94. The molecule has 21 heavy (non-hydrogen) atoms. The summed E-state index contributed by atoms with van der Waals surface area (Å²) in [5, 5.41) is 10.5. The molecule has 3 N–H and O–H groups in total. The van der Waals surface area contributed by atoms with Crippen molar-refractivity contribution in [2.24, 2.45) is 0 Å². The van der Waals surface area contributed by atoms with E-state index in [1.807, 2.05) is 18.7 Å². The number of hydrogen-bond donors (Lipinski definition) is 2. The van der Waals surface area contributed by atoms with E-state index in [0.717, 1.165) is 11.5 Å². The van der Waals surface area contributed by atoms with Crippen molar-refractivity contribution in [2.45, 2.75) is 39.4 Å². The third-order valence-corrected chi connectivity index (χ3v) is 4.37. The fraction of sp³-hybridized carbons (Fsp3) is 0.643. The van der Waals surface area contributed by atoms with Crippen molar-refractivity contribution < 1.29 is 19.4 Å². The van der Waals surface area contributed by atoms with E-state index in [2.05, 4.69) is 0 Å². The van der Waals surface area contributed by atoms with Crippen molar-refractivity contribution in [1.82, 2.24) is 0 Å². The number of hydrogen-bond acceptors (Lipinski definition) is 7. The van der Waals surface area contributed by atoms with Crippen LogP contribution in [0.1, 0.15) is 36.9 Å². The van der Waals surface area contributed by atoms with Crippen molar-refractivity contribution in [3.05, 3.63) is 4.88 Å². The van der Waals surface area contributed by atoms with E-state index in [1.165, 1.54) is 11.3 Å². The molecule has 0 radical (unpaired) electrons. The van der Waals surface area contributed by atoms with Gasteiger partial charge in [0.2, 0.25) is 0 Å². The molecule has 2 heterocycles. The van der Waals surface area contributed by atoms with Gasteiger partial charge < -0.3 is 25.2 Å². The summed E-state index contributed by atoms with van der Waals surface area (Å²) in [5.41, 5.74) is 6.40. The van der Waals surface area contributed by atoms with E-state index >= 15 is 0 Å². The predicted molar refractivity (Wildman–Crippen MR) is 83.3 cm³/mol. The number of aliphatic hydroxyl groups excluding tert-OH is 1. The third kappa shape index (κ3) is 3.41. The molecule has 0 aromatic carbocycles. The van der Waals surface area contributed by atoms with E-state index in [-0.39, 0.29) is 12.2 Å². The van der Waals surface area contributed by atoms with Crippen LogP contribution < -0.4 is 15.4 Å². The number of nitrogens with zero attached hydrogens (tertiary/aromatic N) is 1. The Morgan fingerprint density at radius 2 is 2.29 bits per heavy atom. The minimum atomic E-state index is -0.431. The van der Waals surface area contributed by atoms with Crippen LogP contribution in [0.5, 0.6) is 5.75 Å². The molecule has 1 atom stereocenters. The monoisotopic (exact) mass is 314 g/mol. The number of thiophene rings is 1. The molecule has 0 amide bonds. The van der Waals surface area contributed by atoms with E-state index < -0.39 is 5.97 Å². The van der Waals surface area contributed by atoms with Gasteiger partial charge >= 0.3 is 5.97 Å². The van der Waals surface area contributed by atoms with Gasteiger partial charge in [-0.3, -0.25) is 0 Å². The van der Waals surface area contributed by atoms with Gasteiger partial charge in [0.15, 0.2) is 5.75 Å². The standard InChI is InChI=1S/C14H22N2O4S/c1-4-19-14(18)12-10(15)11(20-8(2)3)13(21-12)16-6-5-9(17)7-16/h8-9,17H,4-7,15H2,1-3H3. The highest BCUT2D eigenvalue weighted by atomic mass is 32.1. The highest BCUT2D eigenvalue weighted by Crippen LogP contribution is 2.46. The molecule has 7 heteroatoms. The zero-order valence-corrected chi connectivity index (χ0v) is 13.4. The van der Waals surface area contributed by atoms with Gasteiger partial charge in [0.05, 0.1) is 18.8 Å². The molecular formula is C14H22N2O4S. The zero-order chi connectivity index (χ0) is 15.6. The first-order chi connectivity index (χ1) is 9.93. The topological polar surface area (TPSA) is 85.0 Å². The smallest absolute Gasteiger partial charge is 0.350 e. The second kappa shape index (κ2) is 6.53. The Hall–Kier alpha value is -1.47. The summed E-state index contributed by atoms with van der Waals surface area (Å²) in [4.78, 5) is 14.4. The Morgan fingerprint density at radius 1 is 1.57 bits per heavy atom. The molecule has 0 spiro atoms. The Bertz CT molecular complexity index is 515. The number of ether oxygens (including phenoxy) is 2. The van der Waals surface area contributed by atoms with Crippen molar-refractivity contribution >= 4 is 28.0 Å². The summed E-state index contributed by atoms with van der Waals surface area (Å²) in [6, 6.07) is 0. The van der Waals surface area contributed by atoms with Crippen LogP contribution in [0.2, 0.25) is 0 Å². The lowest BCUT2D eigenvalue weighted by Crippen LogP contribution is -2.21. The average molecular weight is 314 g/mol. The van der Waals surface area contributed by atoms with Gasteiger partial charge in [-0.15, -0.1) is 11.3 Å². The maximum absolute atomic E-state index is 12.0. The van der Waals surface area contributed by atoms with Gasteiger partial charge in [-0.2, -0.15) is 0 Å². The lowest BCUT2D eigenvalue weighted by atomic mass is 10.3. The first kappa shape index (κ1) is 15.9. The Morgan fingerprint density at radius 3 is 2.81 bits per heavy atom. The molecule has 118 valence electrons. The fourth-order valence-electron chi connectivity index (χ4n) is 2.25. The number of nitrogens with two attached hydrogens (primary N) is 1. The SMILES string of the molecule is CCOC(=O)c1sc(N2CCC(O)C2)c(OC(C)C)c1N. The van der Waals surface area contributed by atoms with Crippen molar-refractivity contribution in [3.8, 4) is 5.75 Å². The summed E-state index contributed by atoms with van der Waals surface area (Å²) in [6.07, 6.45) is 0.294. The lowest BCUT2D eigenvalue weighted by Gasteiger charge is -2.19. The van der Waals surface area contributed by atoms with Crippen LogP contribution in [-0.4, -0.2) is 43.0 Å². The Balaban J connectivity index is 2.37. The Labute approximate surface area is 128 Å². The number of nitrogen functional groups attached to an aromatic ring is 1. The lowest BCUT2D eigenvalue weighted by molar-refractivity contribution is 0.0533. The van der Waals surface area contributed by atoms with Crippen molar-refractivity contribution in [3.63, 3.8) is 0 Å². The van der Waals surface area contributed by atoms with Crippen LogP contribution in [0.15, 0.2) is 0 Å². The molecule has 2 rings (SSSR count). The number of rotatable bonds is 5. The second-order valence-corrected chi connectivity index (χ2v) is 6.25. The van der Waals surface area contributed by atoms with E-state index in [9.17, 15) is 9.90 Å². The molecular weight excluding hydrogens is 292 g/mol. The van der Waals surface area contributed by atoms with Gasteiger partial charge in [0.1, 0.15) is 15.6 Å². The quantitative estimate of drug-likeness (QED) is 0.807. The molecule has 6 nitrogen and oxygen atoms in total. The molecule has 1 saturated heterocycles. The maximum Gasteiger partial charge on any atom is 0.350 e. The summed E-state index contributed by atoms with van der Waals surface area (Å²) >= 11 is 1.27. The summed E-state index contributed by atoms with van der Waals surface area (Å²) in [7, 11) is 0. The summed E-state index contributed by atoms with van der Waals surface area (Å²) in [5.74, 6) is 0.0896. The number of anilines is 2. The molecule has 1 aliphatic heterocycles. The molecule has 0 saturated carbocycles. The predicted octanol–water partition coefficient (Wildman–Crippen LogP) is 1.87. The first-order valence-electron chi connectivity index (χ1n) is 7.13. The van der Waals surface area contributed by atoms with Crippen LogP contribution in [0.3, 0.4) is 0 Å². The number of aliphatic hydroxyl groups is 1. The number of esters is 1. The zero-order valence-electron chi connectivity index (χ0n) is 12.6. The van der Waals surface area contributed by atoms with Crippen LogP contribution in [-0.2, 0) is 4.74 Å². The van der Waals surface area contributed by atoms with E-state index in [4.69, 9.17) is 15.2 Å². The minimum Gasteiger partial charge on any atom is -0.486 e.